The van der Waals surface area contributed by atoms with Gasteiger partial charge in [-0.15, -0.1) is 0 Å². The first-order valence-corrected chi connectivity index (χ1v) is 17.1. The topological polar surface area (TPSA) is 163 Å². The average molecular weight is 735 g/mol. The van der Waals surface area contributed by atoms with Gasteiger partial charge in [-0.05, 0) is 72.4 Å². The SMILES string of the molecule is COc1ccc(C23C(=O)N(Nc4ccc(Cl)cc4Cl)C(=O)C2CC2C(=CCC4C(=O)N(CCC(=O)O)C(=O)C42)C3c2ccc(O)c(OC)c2)cc1. The van der Waals surface area contributed by atoms with E-state index in [0.717, 1.165) is 9.91 Å². The van der Waals surface area contributed by atoms with Crippen LogP contribution in [0.5, 0.6) is 17.2 Å². The highest BCUT2D eigenvalue weighted by atomic mass is 35.5. The van der Waals surface area contributed by atoms with Crippen LogP contribution in [0.4, 0.5) is 5.69 Å². The lowest BCUT2D eigenvalue weighted by molar-refractivity contribution is -0.143. The maximum atomic E-state index is 15.3. The Balaban J connectivity index is 1.44. The van der Waals surface area contributed by atoms with E-state index in [2.05, 4.69) is 5.43 Å². The van der Waals surface area contributed by atoms with Crippen LogP contribution in [-0.4, -0.2) is 70.5 Å². The van der Waals surface area contributed by atoms with E-state index in [0.29, 0.717) is 27.5 Å². The number of nitrogens with one attached hydrogen (secondary N) is 1. The van der Waals surface area contributed by atoms with Gasteiger partial charge >= 0.3 is 5.97 Å². The lowest BCUT2D eigenvalue weighted by atomic mass is 9.49. The smallest absolute Gasteiger partial charge is 0.305 e. The molecule has 7 rings (SSSR count). The van der Waals surface area contributed by atoms with Crippen LogP contribution in [0, 0.1) is 23.7 Å². The molecule has 2 aliphatic heterocycles. The van der Waals surface area contributed by atoms with Gasteiger partial charge in [0.15, 0.2) is 11.5 Å². The van der Waals surface area contributed by atoms with Gasteiger partial charge in [0.25, 0.3) is 11.8 Å². The van der Waals surface area contributed by atoms with E-state index < -0.39 is 71.0 Å². The molecular formula is C37H33Cl2N3O9. The van der Waals surface area contributed by atoms with Gasteiger partial charge in [0.2, 0.25) is 11.8 Å². The monoisotopic (exact) mass is 733 g/mol. The molecule has 2 saturated heterocycles. The average Bonchev–Trinajstić information content (AvgIpc) is 3.49. The molecule has 3 N–H and O–H groups in total. The number of aliphatic carboxylic acids is 1. The predicted molar refractivity (Wildman–Crippen MR) is 184 cm³/mol. The number of ether oxygens (including phenoxy) is 2. The Bertz CT molecular complexity index is 2020. The molecule has 51 heavy (non-hydrogen) atoms. The lowest BCUT2D eigenvalue weighted by Crippen LogP contribution is -2.53. The highest BCUT2D eigenvalue weighted by molar-refractivity contribution is 6.36. The molecule has 0 spiro atoms. The summed E-state index contributed by atoms with van der Waals surface area (Å²) < 4.78 is 10.9. The Hall–Kier alpha value is -5.07. The van der Waals surface area contributed by atoms with Crippen molar-refractivity contribution in [3.63, 3.8) is 0 Å². The van der Waals surface area contributed by atoms with Crippen LogP contribution in [0.15, 0.2) is 72.3 Å². The molecule has 4 amide bonds. The summed E-state index contributed by atoms with van der Waals surface area (Å²) in [4.78, 5) is 70.1. The van der Waals surface area contributed by atoms with Gasteiger partial charge in [-0.25, -0.2) is 0 Å². The zero-order valence-electron chi connectivity index (χ0n) is 27.5. The van der Waals surface area contributed by atoms with Gasteiger partial charge in [0.05, 0.1) is 54.5 Å². The maximum Gasteiger partial charge on any atom is 0.305 e. The van der Waals surface area contributed by atoms with E-state index in [1.807, 2.05) is 6.08 Å². The number of carbonyl (C=O) groups excluding carboxylic acids is 4. The number of halogens is 2. The summed E-state index contributed by atoms with van der Waals surface area (Å²) in [6.45, 7) is -0.267. The molecule has 4 aliphatic rings. The minimum absolute atomic E-state index is 0.0354. The summed E-state index contributed by atoms with van der Waals surface area (Å²) >= 11 is 12.6. The van der Waals surface area contributed by atoms with Crippen molar-refractivity contribution in [3.05, 3.63) is 93.5 Å². The molecule has 6 unspecified atom stereocenters. The van der Waals surface area contributed by atoms with E-state index >= 15 is 4.79 Å². The minimum atomic E-state index is -1.60. The van der Waals surface area contributed by atoms with Gasteiger partial charge in [-0.3, -0.25) is 34.3 Å². The summed E-state index contributed by atoms with van der Waals surface area (Å²) in [7, 11) is 2.91. The van der Waals surface area contributed by atoms with E-state index in [9.17, 15) is 29.4 Å². The van der Waals surface area contributed by atoms with Crippen molar-refractivity contribution in [2.75, 3.05) is 26.2 Å². The van der Waals surface area contributed by atoms with Crippen molar-refractivity contribution in [1.29, 1.82) is 0 Å². The molecule has 264 valence electrons. The number of hydrogen-bond donors (Lipinski definition) is 3. The van der Waals surface area contributed by atoms with Gasteiger partial charge in [-0.2, -0.15) is 5.01 Å². The molecule has 0 aromatic heterocycles. The molecule has 3 aromatic carbocycles. The Morgan fingerprint density at radius 2 is 1.69 bits per heavy atom. The number of anilines is 1. The number of hydrogen-bond acceptors (Lipinski definition) is 9. The van der Waals surface area contributed by atoms with Crippen molar-refractivity contribution in [2.45, 2.75) is 30.6 Å². The summed E-state index contributed by atoms with van der Waals surface area (Å²) in [6, 6.07) is 16.2. The molecular weight excluding hydrogens is 701 g/mol. The summed E-state index contributed by atoms with van der Waals surface area (Å²) in [5.74, 6) is -6.95. The van der Waals surface area contributed by atoms with Crippen LogP contribution in [0.25, 0.3) is 0 Å². The number of likely N-dealkylation sites (tertiary alicyclic amines) is 1. The van der Waals surface area contributed by atoms with Gasteiger partial charge in [0, 0.05) is 17.5 Å². The number of methoxy groups -OCH3 is 2. The van der Waals surface area contributed by atoms with Crippen LogP contribution >= 0.6 is 23.2 Å². The number of allylic oxidation sites excluding steroid dienone is 2. The van der Waals surface area contributed by atoms with Crippen molar-refractivity contribution in [2.24, 2.45) is 23.7 Å². The second kappa shape index (κ2) is 12.9. The van der Waals surface area contributed by atoms with Crippen molar-refractivity contribution >= 4 is 58.5 Å². The predicted octanol–water partition coefficient (Wildman–Crippen LogP) is 5.18. The largest absolute Gasteiger partial charge is 0.504 e. The molecule has 2 heterocycles. The number of amides is 4. The van der Waals surface area contributed by atoms with Crippen LogP contribution in [-0.2, 0) is 29.4 Å². The van der Waals surface area contributed by atoms with E-state index in [-0.39, 0.29) is 41.6 Å². The van der Waals surface area contributed by atoms with Crippen molar-refractivity contribution in [3.8, 4) is 17.2 Å². The second-order valence-corrected chi connectivity index (χ2v) is 14.0. The fraction of sp³-hybridized carbons (Fsp3) is 0.324. The second-order valence-electron chi connectivity index (χ2n) is 13.1. The van der Waals surface area contributed by atoms with Crippen LogP contribution < -0.4 is 14.9 Å². The standard InChI is InChI=1S/C37H33Cl2N3O9/c1-50-21-7-4-19(5-8-21)37-25(34(47)42(36(37)49)40-27-11-6-20(38)16-26(27)39)17-24-22(32(37)18-3-12-28(43)29(15-18)51-2)9-10-23-31(24)35(48)41(33(23)46)14-13-30(44)45/h3-9,11-12,15-16,23-25,31-32,40,43H,10,13-14,17H2,1-2H3,(H,44,45). The third-order valence-corrected chi connectivity index (χ3v) is 11.3. The van der Waals surface area contributed by atoms with Gasteiger partial charge in [-0.1, -0.05) is 53.1 Å². The summed E-state index contributed by atoms with van der Waals surface area (Å²) in [5.41, 5.74) is 3.33. The van der Waals surface area contributed by atoms with Crippen molar-refractivity contribution in [1.82, 2.24) is 9.91 Å². The Morgan fingerprint density at radius 1 is 0.941 bits per heavy atom. The first-order chi connectivity index (χ1) is 24.4. The molecule has 6 atom stereocenters. The summed E-state index contributed by atoms with van der Waals surface area (Å²) in [5, 5.41) is 21.4. The number of phenols is 1. The van der Waals surface area contributed by atoms with Crippen molar-refractivity contribution < 1.29 is 43.7 Å². The number of nitrogens with zero attached hydrogens (tertiary/aromatic N) is 2. The first kappa shape index (κ1) is 34.4. The normalized spacial score (nSPS) is 26.7. The van der Waals surface area contributed by atoms with E-state index in [1.165, 1.54) is 26.4 Å². The lowest BCUT2D eigenvalue weighted by Gasteiger charge is -2.50. The third kappa shape index (κ3) is 5.31. The molecule has 0 radical (unpaired) electrons. The molecule has 3 aromatic rings. The van der Waals surface area contributed by atoms with Gasteiger partial charge in [0.1, 0.15) is 5.75 Å². The van der Waals surface area contributed by atoms with E-state index in [1.54, 1.807) is 48.5 Å². The van der Waals surface area contributed by atoms with Crippen LogP contribution in [0.2, 0.25) is 10.0 Å². The Kier molecular flexibility index (Phi) is 8.71. The minimum Gasteiger partial charge on any atom is -0.504 e. The molecule has 14 heteroatoms. The fourth-order valence-electron chi connectivity index (χ4n) is 8.59. The fourth-order valence-corrected chi connectivity index (χ4v) is 9.04. The Morgan fingerprint density at radius 3 is 2.35 bits per heavy atom. The number of imide groups is 2. The number of benzene rings is 3. The Labute approximate surface area is 302 Å². The summed E-state index contributed by atoms with van der Waals surface area (Å²) in [6.07, 6.45) is 1.69. The molecule has 1 saturated carbocycles. The highest BCUT2D eigenvalue weighted by Crippen LogP contribution is 2.64. The number of carboxylic acid groups (broad SMARTS) is 1. The highest BCUT2D eigenvalue weighted by Gasteiger charge is 2.70. The number of aromatic hydroxyl groups is 1. The number of fused-ring (bicyclic) bond motifs is 4. The van der Waals surface area contributed by atoms with Crippen LogP contribution in [0.1, 0.15) is 36.3 Å². The van der Waals surface area contributed by atoms with E-state index in [4.69, 9.17) is 32.7 Å². The maximum absolute atomic E-state index is 15.3. The number of hydrazine groups is 1. The zero-order valence-corrected chi connectivity index (χ0v) is 29.0. The number of rotatable bonds is 9. The molecule has 12 nitrogen and oxygen atoms in total. The molecule has 2 aliphatic carbocycles. The van der Waals surface area contributed by atoms with Crippen LogP contribution in [0.3, 0.4) is 0 Å². The molecule has 0 bridgehead atoms. The number of carbonyl (C=O) groups is 5. The number of phenolic OH excluding ortho intramolecular Hbond substituents is 1. The van der Waals surface area contributed by atoms with Gasteiger partial charge < -0.3 is 19.7 Å². The quantitative estimate of drug-likeness (QED) is 0.197. The number of carboxylic acids is 1. The first-order valence-electron chi connectivity index (χ1n) is 16.3. The molecule has 3 fully saturated rings. The zero-order chi connectivity index (χ0) is 36.4. The third-order valence-electron chi connectivity index (χ3n) is 10.8.